The molecule has 2 aliphatic rings. The van der Waals surface area contributed by atoms with Crippen molar-refractivity contribution in [2.45, 2.75) is 25.7 Å². The van der Waals surface area contributed by atoms with Crippen molar-refractivity contribution in [1.82, 2.24) is 9.80 Å². The Morgan fingerprint density at radius 3 is 1.50 bits per heavy atom. The zero-order valence-corrected chi connectivity index (χ0v) is 15.3. The average Bonchev–Trinajstić information content (AvgIpc) is 2.64. The first-order chi connectivity index (χ1) is 12.7. The van der Waals surface area contributed by atoms with Gasteiger partial charge in [-0.2, -0.15) is 0 Å². The van der Waals surface area contributed by atoms with Gasteiger partial charge in [0.15, 0.2) is 0 Å². The fourth-order valence-corrected chi connectivity index (χ4v) is 3.25. The summed E-state index contributed by atoms with van der Waals surface area (Å²) in [5, 5.41) is 34.9. The van der Waals surface area contributed by atoms with Gasteiger partial charge in [-0.3, -0.25) is 0 Å². The molecule has 0 atom stereocenters. The molecule has 2 aliphatic carbocycles. The average molecular weight is 358 g/mol. The second-order valence-corrected chi connectivity index (χ2v) is 6.45. The molecule has 0 bridgehead atoms. The lowest BCUT2D eigenvalue weighted by molar-refractivity contribution is 0.217. The van der Waals surface area contributed by atoms with Gasteiger partial charge in [-0.05, 0) is 25.0 Å². The molecule has 2 rings (SSSR count). The number of nitrogens with one attached hydrogen (secondary N) is 2. The van der Waals surface area contributed by atoms with Crippen LogP contribution in [0, 0.1) is 10.8 Å². The molecule has 4 N–H and O–H groups in total. The maximum atomic E-state index is 9.34. The number of nitrogens with zero attached hydrogens (tertiary/aromatic N) is 2. The molecule has 0 radical (unpaired) electrons. The van der Waals surface area contributed by atoms with E-state index in [1.807, 2.05) is 36.5 Å². The molecule has 6 nitrogen and oxygen atoms in total. The third-order valence-corrected chi connectivity index (χ3v) is 4.57. The predicted molar refractivity (Wildman–Crippen MR) is 106 cm³/mol. The molecule has 0 unspecified atom stereocenters. The Bertz CT molecular complexity index is 565. The number of unbranched alkanes of at least 4 members (excludes halogenated alkanes) is 1. The Morgan fingerprint density at radius 1 is 0.731 bits per heavy atom. The van der Waals surface area contributed by atoms with E-state index < -0.39 is 0 Å². The first-order valence-corrected chi connectivity index (χ1v) is 9.28. The summed E-state index contributed by atoms with van der Waals surface area (Å²) in [7, 11) is 0. The van der Waals surface area contributed by atoms with Crippen molar-refractivity contribution in [3.05, 3.63) is 47.9 Å². The van der Waals surface area contributed by atoms with Gasteiger partial charge in [0.25, 0.3) is 0 Å². The van der Waals surface area contributed by atoms with Gasteiger partial charge in [-0.25, -0.2) is 0 Å². The van der Waals surface area contributed by atoms with E-state index in [4.69, 9.17) is 10.8 Å². The van der Waals surface area contributed by atoms with E-state index in [0.717, 1.165) is 37.3 Å². The van der Waals surface area contributed by atoms with E-state index in [9.17, 15) is 10.2 Å². The number of hydrogen-bond donors (Lipinski definition) is 4. The van der Waals surface area contributed by atoms with Gasteiger partial charge < -0.3 is 30.8 Å². The number of rotatable bonds is 11. The molecule has 0 heterocycles. The maximum Gasteiger partial charge on any atom is 0.0606 e. The van der Waals surface area contributed by atoms with Crippen LogP contribution < -0.4 is 0 Å². The minimum atomic E-state index is 0.0708. The van der Waals surface area contributed by atoms with E-state index in [1.54, 1.807) is 0 Å². The fraction of sp³-hybridized carbons (Fsp3) is 0.500. The quantitative estimate of drug-likeness (QED) is 0.425. The summed E-state index contributed by atoms with van der Waals surface area (Å²) < 4.78 is 0. The lowest BCUT2D eigenvalue weighted by Crippen LogP contribution is -2.33. The number of hydrogen-bond acceptors (Lipinski definition) is 6. The maximum absolute atomic E-state index is 9.34. The topological polar surface area (TPSA) is 94.6 Å². The van der Waals surface area contributed by atoms with Crippen molar-refractivity contribution in [3.8, 4) is 0 Å². The van der Waals surface area contributed by atoms with Crippen molar-refractivity contribution in [2.75, 3.05) is 39.4 Å². The Kier molecular flexibility index (Phi) is 8.31. The first kappa shape index (κ1) is 20.1. The molecular formula is C20H30N4O2. The minimum Gasteiger partial charge on any atom is -0.395 e. The van der Waals surface area contributed by atoms with Gasteiger partial charge in [0.2, 0.25) is 0 Å². The predicted octanol–water partition coefficient (Wildman–Crippen LogP) is 2.08. The summed E-state index contributed by atoms with van der Waals surface area (Å²) in [4.78, 5) is 4.15. The Morgan fingerprint density at radius 2 is 1.15 bits per heavy atom. The molecule has 26 heavy (non-hydrogen) atoms. The second-order valence-electron chi connectivity index (χ2n) is 6.45. The molecule has 0 saturated heterocycles. The molecule has 0 aromatic carbocycles. The van der Waals surface area contributed by atoms with E-state index in [0.29, 0.717) is 37.4 Å². The van der Waals surface area contributed by atoms with Gasteiger partial charge in [-0.15, -0.1) is 0 Å². The molecule has 0 amide bonds. The van der Waals surface area contributed by atoms with Crippen LogP contribution in [0.25, 0.3) is 0 Å². The summed E-state index contributed by atoms with van der Waals surface area (Å²) in [6.07, 6.45) is 14.9. The number of aliphatic hydroxyl groups is 2. The van der Waals surface area contributed by atoms with E-state index >= 15 is 0 Å². The third-order valence-electron chi connectivity index (χ3n) is 4.57. The highest BCUT2D eigenvalue weighted by atomic mass is 16.3. The molecule has 0 aromatic rings. The van der Waals surface area contributed by atoms with Gasteiger partial charge in [-0.1, -0.05) is 24.3 Å². The van der Waals surface area contributed by atoms with Crippen molar-refractivity contribution >= 4 is 11.4 Å². The van der Waals surface area contributed by atoms with Gasteiger partial charge in [0, 0.05) is 39.0 Å². The normalized spacial score (nSPS) is 16.5. The summed E-state index contributed by atoms with van der Waals surface area (Å²) in [6, 6.07) is 0. The molecule has 0 fully saturated rings. The van der Waals surface area contributed by atoms with Crippen molar-refractivity contribution < 1.29 is 10.2 Å². The highest BCUT2D eigenvalue weighted by molar-refractivity contribution is 5.99. The molecule has 0 aliphatic heterocycles. The highest BCUT2D eigenvalue weighted by Gasteiger charge is 2.16. The van der Waals surface area contributed by atoms with Crippen molar-refractivity contribution in [3.63, 3.8) is 0 Å². The van der Waals surface area contributed by atoms with Crippen LogP contribution in [0.5, 0.6) is 0 Å². The van der Waals surface area contributed by atoms with Crippen molar-refractivity contribution in [2.24, 2.45) is 0 Å². The van der Waals surface area contributed by atoms with E-state index in [2.05, 4.69) is 9.80 Å². The molecule has 6 heteroatoms. The van der Waals surface area contributed by atoms with E-state index in [1.165, 1.54) is 0 Å². The van der Waals surface area contributed by atoms with Gasteiger partial charge in [0.05, 0.1) is 36.0 Å². The molecule has 0 saturated carbocycles. The monoisotopic (exact) mass is 358 g/mol. The van der Waals surface area contributed by atoms with Crippen LogP contribution in [0.1, 0.15) is 25.7 Å². The summed E-state index contributed by atoms with van der Waals surface area (Å²) in [6.45, 7) is 2.77. The lowest BCUT2D eigenvalue weighted by atomic mass is 10.1. The smallest absolute Gasteiger partial charge is 0.0606 e. The number of allylic oxidation sites excluding steroid dienone is 8. The molecule has 0 aromatic heterocycles. The van der Waals surface area contributed by atoms with Crippen LogP contribution in [0.15, 0.2) is 47.9 Å². The second kappa shape index (κ2) is 10.7. The molecular weight excluding hydrogens is 328 g/mol. The van der Waals surface area contributed by atoms with E-state index in [-0.39, 0.29) is 13.2 Å². The summed E-state index contributed by atoms with van der Waals surface area (Å²) in [5.74, 6) is 0. The first-order valence-electron chi connectivity index (χ1n) is 9.28. The molecule has 142 valence electrons. The minimum absolute atomic E-state index is 0.0708. The van der Waals surface area contributed by atoms with Crippen LogP contribution in [0.3, 0.4) is 0 Å². The van der Waals surface area contributed by atoms with Crippen LogP contribution >= 0.6 is 0 Å². The summed E-state index contributed by atoms with van der Waals surface area (Å²) in [5.41, 5.74) is 2.98. The van der Waals surface area contributed by atoms with Crippen molar-refractivity contribution in [1.29, 1.82) is 10.8 Å². The summed E-state index contributed by atoms with van der Waals surface area (Å²) >= 11 is 0. The van der Waals surface area contributed by atoms with Crippen LogP contribution in [-0.4, -0.2) is 70.8 Å². The van der Waals surface area contributed by atoms with Crippen LogP contribution in [0.2, 0.25) is 0 Å². The van der Waals surface area contributed by atoms with Gasteiger partial charge >= 0.3 is 0 Å². The lowest BCUT2D eigenvalue weighted by Gasteiger charge is -2.30. The third kappa shape index (κ3) is 5.68. The van der Waals surface area contributed by atoms with Gasteiger partial charge in [0.1, 0.15) is 0 Å². The Balaban J connectivity index is 1.87. The zero-order valence-electron chi connectivity index (χ0n) is 15.3. The molecule has 0 spiro atoms. The zero-order chi connectivity index (χ0) is 18.8. The largest absolute Gasteiger partial charge is 0.395 e. The standard InChI is InChI=1S/C20H30N4O2/c21-17-7-1-3-9-19(17)23(13-15-25)11-5-6-12-24(14-16-26)20-10-4-2-8-18(20)22/h1-4,9-10,21-22,25-26H,5-8,11-16H2. The van der Waals surface area contributed by atoms with Crippen LogP contribution in [0.4, 0.5) is 0 Å². The Labute approximate surface area is 155 Å². The fourth-order valence-electron chi connectivity index (χ4n) is 3.25. The Hall–Kier alpha value is -2.18. The highest BCUT2D eigenvalue weighted by Crippen LogP contribution is 2.16. The number of aliphatic hydroxyl groups excluding tert-OH is 2. The SMILES string of the molecule is N=C1CC=CC=C1N(CCO)CCCCN(CCO)C1=CC=CCC1=N. The van der Waals surface area contributed by atoms with Crippen LogP contribution in [-0.2, 0) is 0 Å².